The van der Waals surface area contributed by atoms with Crippen LogP contribution >= 0.6 is 12.6 Å². The number of benzene rings is 1. The number of rotatable bonds is 2. The molecule has 1 aromatic rings. The maximum Gasteiger partial charge on any atom is 0.0606 e. The summed E-state index contributed by atoms with van der Waals surface area (Å²) in [5.41, 5.74) is 4.38. The van der Waals surface area contributed by atoms with Gasteiger partial charge in [0.05, 0.1) is 5.88 Å². The fraction of sp³-hybridized carbons (Fsp3) is 0.500. The van der Waals surface area contributed by atoms with E-state index in [1.807, 2.05) is 0 Å². The summed E-state index contributed by atoms with van der Waals surface area (Å²) in [5.74, 6) is 0.777. The fourth-order valence-electron chi connectivity index (χ4n) is 2.04. The minimum Gasteiger partial charge on any atom is -0.366 e. The van der Waals surface area contributed by atoms with Crippen molar-refractivity contribution in [2.45, 2.75) is 25.7 Å². The molecule has 0 unspecified atom stereocenters. The van der Waals surface area contributed by atoms with Gasteiger partial charge < -0.3 is 4.90 Å². The summed E-state index contributed by atoms with van der Waals surface area (Å²) in [5, 5.41) is 0. The summed E-state index contributed by atoms with van der Waals surface area (Å²) in [6.45, 7) is 0. The second-order valence-electron chi connectivity index (χ2n) is 4.00. The van der Waals surface area contributed by atoms with E-state index in [9.17, 15) is 0 Å². The highest BCUT2D eigenvalue weighted by molar-refractivity contribution is 7.80. The molecule has 0 N–H and O–H groups in total. The summed E-state index contributed by atoms with van der Waals surface area (Å²) in [6, 6.07) is 6.81. The van der Waals surface area contributed by atoms with Crippen molar-refractivity contribution < 1.29 is 0 Å². The van der Waals surface area contributed by atoms with Crippen LogP contribution in [0.3, 0.4) is 0 Å². The average molecular weight is 207 g/mol. The van der Waals surface area contributed by atoms with Gasteiger partial charge in [0.25, 0.3) is 0 Å². The molecule has 1 nitrogen and oxygen atoms in total. The Morgan fingerprint density at radius 2 is 1.93 bits per heavy atom. The van der Waals surface area contributed by atoms with Gasteiger partial charge in [-0.15, -0.1) is 0 Å². The molecule has 2 heteroatoms. The Labute approximate surface area is 91.5 Å². The first kappa shape index (κ1) is 9.91. The molecule has 0 radical (unpaired) electrons. The van der Waals surface area contributed by atoms with E-state index in [-0.39, 0.29) is 0 Å². The second kappa shape index (κ2) is 4.26. The molecule has 1 aliphatic carbocycles. The van der Waals surface area contributed by atoms with Gasteiger partial charge in [-0.25, -0.2) is 0 Å². The molecule has 0 fully saturated rings. The van der Waals surface area contributed by atoms with E-state index in [1.54, 1.807) is 11.1 Å². The number of thiol groups is 1. The van der Waals surface area contributed by atoms with Gasteiger partial charge in [0, 0.05) is 12.7 Å². The molecular weight excluding hydrogens is 190 g/mol. The molecule has 76 valence electrons. The Kier molecular flexibility index (Phi) is 3.02. The molecule has 0 spiro atoms. The normalized spacial score (nSPS) is 15.0. The van der Waals surface area contributed by atoms with Crippen LogP contribution in [0.15, 0.2) is 18.2 Å². The number of aryl methyl sites for hydroxylation is 2. The molecule has 0 bridgehead atoms. The summed E-state index contributed by atoms with van der Waals surface area (Å²) in [6.07, 6.45) is 5.22. The molecule has 0 saturated carbocycles. The third kappa shape index (κ3) is 1.90. The van der Waals surface area contributed by atoms with Crippen LogP contribution in [0.2, 0.25) is 0 Å². The maximum absolute atomic E-state index is 4.28. The topological polar surface area (TPSA) is 3.24 Å². The van der Waals surface area contributed by atoms with Crippen molar-refractivity contribution >= 4 is 18.3 Å². The lowest BCUT2D eigenvalue weighted by atomic mass is 9.91. The van der Waals surface area contributed by atoms with Crippen LogP contribution in [-0.4, -0.2) is 12.9 Å². The molecule has 14 heavy (non-hydrogen) atoms. The lowest BCUT2D eigenvalue weighted by Gasteiger charge is -2.21. The Balaban J connectivity index is 2.29. The number of hydrogen-bond acceptors (Lipinski definition) is 2. The van der Waals surface area contributed by atoms with Crippen LogP contribution in [0.4, 0.5) is 5.69 Å². The van der Waals surface area contributed by atoms with Crippen molar-refractivity contribution in [3.63, 3.8) is 0 Å². The van der Waals surface area contributed by atoms with E-state index in [0.717, 1.165) is 5.88 Å². The highest BCUT2D eigenvalue weighted by Gasteiger charge is 2.10. The summed E-state index contributed by atoms with van der Waals surface area (Å²) < 4.78 is 0. The zero-order valence-electron chi connectivity index (χ0n) is 8.66. The number of hydrogen-bond donors (Lipinski definition) is 1. The first-order valence-electron chi connectivity index (χ1n) is 5.25. The van der Waals surface area contributed by atoms with Gasteiger partial charge in [-0.1, -0.05) is 6.07 Å². The molecule has 2 rings (SSSR count). The first-order valence-corrected chi connectivity index (χ1v) is 5.88. The lowest BCUT2D eigenvalue weighted by molar-refractivity contribution is 0.685. The third-order valence-corrected chi connectivity index (χ3v) is 3.41. The van der Waals surface area contributed by atoms with Crippen molar-refractivity contribution in [2.24, 2.45) is 0 Å². The van der Waals surface area contributed by atoms with Crippen LogP contribution in [0.5, 0.6) is 0 Å². The Morgan fingerprint density at radius 3 is 2.64 bits per heavy atom. The van der Waals surface area contributed by atoms with Gasteiger partial charge in [-0.2, -0.15) is 12.6 Å². The maximum atomic E-state index is 4.28. The summed E-state index contributed by atoms with van der Waals surface area (Å²) in [7, 11) is 2.08. The smallest absolute Gasteiger partial charge is 0.0606 e. The minimum absolute atomic E-state index is 0.777. The van der Waals surface area contributed by atoms with Crippen molar-refractivity contribution in [1.82, 2.24) is 0 Å². The van der Waals surface area contributed by atoms with E-state index in [1.165, 1.54) is 31.4 Å². The van der Waals surface area contributed by atoms with Crippen molar-refractivity contribution in [2.75, 3.05) is 17.8 Å². The van der Waals surface area contributed by atoms with Crippen LogP contribution in [0.25, 0.3) is 0 Å². The zero-order chi connectivity index (χ0) is 9.97. The Bertz CT molecular complexity index is 322. The predicted octanol–water partition coefficient (Wildman–Crippen LogP) is 2.89. The number of fused-ring (bicyclic) bond motifs is 1. The minimum atomic E-state index is 0.777. The average Bonchev–Trinajstić information content (AvgIpc) is 2.27. The van der Waals surface area contributed by atoms with Crippen LogP contribution < -0.4 is 4.90 Å². The van der Waals surface area contributed by atoms with E-state index < -0.39 is 0 Å². The highest BCUT2D eigenvalue weighted by atomic mass is 32.1. The summed E-state index contributed by atoms with van der Waals surface area (Å²) >= 11 is 4.28. The lowest BCUT2D eigenvalue weighted by Crippen LogP contribution is -2.15. The second-order valence-corrected chi connectivity index (χ2v) is 4.28. The van der Waals surface area contributed by atoms with E-state index in [2.05, 4.69) is 42.8 Å². The molecule has 0 aromatic heterocycles. The molecule has 0 saturated heterocycles. The largest absolute Gasteiger partial charge is 0.366 e. The molecule has 1 aromatic carbocycles. The van der Waals surface area contributed by atoms with Crippen molar-refractivity contribution in [3.05, 3.63) is 29.3 Å². The quantitative estimate of drug-likeness (QED) is 0.576. The van der Waals surface area contributed by atoms with E-state index >= 15 is 0 Å². The van der Waals surface area contributed by atoms with E-state index in [0.29, 0.717) is 0 Å². The van der Waals surface area contributed by atoms with Gasteiger partial charge >= 0.3 is 0 Å². The predicted molar refractivity (Wildman–Crippen MR) is 65.3 cm³/mol. The molecule has 0 atom stereocenters. The molecule has 0 amide bonds. The van der Waals surface area contributed by atoms with E-state index in [4.69, 9.17) is 0 Å². The van der Waals surface area contributed by atoms with Gasteiger partial charge in [0.15, 0.2) is 0 Å². The molecule has 0 aliphatic heterocycles. The fourth-order valence-corrected chi connectivity index (χ4v) is 2.20. The SMILES string of the molecule is CN(CS)c1ccc2c(c1)CCCC2. The van der Waals surface area contributed by atoms with Gasteiger partial charge in [-0.3, -0.25) is 0 Å². The molecule has 0 heterocycles. The number of nitrogens with zero attached hydrogens (tertiary/aromatic N) is 1. The first-order chi connectivity index (χ1) is 6.81. The van der Waals surface area contributed by atoms with Gasteiger partial charge in [0.2, 0.25) is 0 Å². The third-order valence-electron chi connectivity index (χ3n) is 2.98. The molecular formula is C12H17NS. The zero-order valence-corrected chi connectivity index (χ0v) is 9.56. The Morgan fingerprint density at radius 1 is 1.21 bits per heavy atom. The monoisotopic (exact) mass is 207 g/mol. The highest BCUT2D eigenvalue weighted by Crippen LogP contribution is 2.25. The van der Waals surface area contributed by atoms with Crippen LogP contribution in [0.1, 0.15) is 24.0 Å². The van der Waals surface area contributed by atoms with Gasteiger partial charge in [0.1, 0.15) is 0 Å². The van der Waals surface area contributed by atoms with Crippen molar-refractivity contribution in [1.29, 1.82) is 0 Å². The Hall–Kier alpha value is -0.630. The standard InChI is InChI=1S/C12H17NS/c1-13(9-14)12-7-6-10-4-2-3-5-11(10)8-12/h6-8,14H,2-5,9H2,1H3. The van der Waals surface area contributed by atoms with Crippen LogP contribution in [-0.2, 0) is 12.8 Å². The van der Waals surface area contributed by atoms with Gasteiger partial charge in [-0.05, 0) is 48.9 Å². The summed E-state index contributed by atoms with van der Waals surface area (Å²) in [4.78, 5) is 2.16. The van der Waals surface area contributed by atoms with Crippen molar-refractivity contribution in [3.8, 4) is 0 Å². The number of anilines is 1. The molecule has 1 aliphatic rings. The van der Waals surface area contributed by atoms with Crippen LogP contribution in [0, 0.1) is 0 Å².